The van der Waals surface area contributed by atoms with E-state index in [1.807, 2.05) is 0 Å². The van der Waals surface area contributed by atoms with Crippen LogP contribution in [0.4, 0.5) is 18.0 Å². The van der Waals surface area contributed by atoms with Gasteiger partial charge in [0, 0.05) is 19.1 Å². The quantitative estimate of drug-likeness (QED) is 0.718. The van der Waals surface area contributed by atoms with Crippen LogP contribution in [0.25, 0.3) is 0 Å². The first kappa shape index (κ1) is 20.4. The largest absolute Gasteiger partial charge is 0.417 e. The molecule has 0 bridgehead atoms. The van der Waals surface area contributed by atoms with Crippen molar-refractivity contribution in [2.45, 2.75) is 30.0 Å². The first-order valence-electron chi connectivity index (χ1n) is 7.87. The van der Waals surface area contributed by atoms with Crippen molar-refractivity contribution in [2.75, 3.05) is 18.8 Å². The van der Waals surface area contributed by atoms with Gasteiger partial charge in [-0.1, -0.05) is 23.4 Å². The maximum absolute atomic E-state index is 13.0. The number of carbonyl (C=O) groups is 2. The molecule has 2 saturated heterocycles. The lowest BCUT2D eigenvalue weighted by molar-refractivity contribution is -0.137. The van der Waals surface area contributed by atoms with Crippen LogP contribution >= 0.6 is 23.4 Å². The number of halogens is 4. The van der Waals surface area contributed by atoms with Gasteiger partial charge in [-0.05, 0) is 31.0 Å². The molecule has 1 aromatic rings. The van der Waals surface area contributed by atoms with Crippen molar-refractivity contribution in [1.82, 2.24) is 9.21 Å². The third kappa shape index (κ3) is 3.96. The number of benzene rings is 1. The van der Waals surface area contributed by atoms with Crippen LogP contribution in [-0.4, -0.2) is 53.7 Å². The number of alkyl halides is 3. The number of imide groups is 1. The van der Waals surface area contributed by atoms with E-state index in [-0.39, 0.29) is 42.8 Å². The molecule has 2 amide bonds. The van der Waals surface area contributed by atoms with E-state index in [0.717, 1.165) is 33.1 Å². The molecule has 6 nitrogen and oxygen atoms in total. The van der Waals surface area contributed by atoms with Crippen molar-refractivity contribution >= 4 is 44.5 Å². The van der Waals surface area contributed by atoms with Gasteiger partial charge in [-0.2, -0.15) is 17.5 Å². The third-order valence-corrected chi connectivity index (χ3v) is 7.51. The molecule has 27 heavy (non-hydrogen) atoms. The number of amides is 2. The summed E-state index contributed by atoms with van der Waals surface area (Å²) in [7, 11) is -4.15. The molecule has 12 heteroatoms. The van der Waals surface area contributed by atoms with Crippen LogP contribution in [0.3, 0.4) is 0 Å². The van der Waals surface area contributed by atoms with E-state index >= 15 is 0 Å². The lowest BCUT2D eigenvalue weighted by Crippen LogP contribution is -2.48. The number of hydrogen-bond acceptors (Lipinski definition) is 5. The van der Waals surface area contributed by atoms with Crippen molar-refractivity contribution in [1.29, 1.82) is 0 Å². The Balaban J connectivity index is 1.78. The summed E-state index contributed by atoms with van der Waals surface area (Å²) in [5.74, 6) is -0.235. The summed E-state index contributed by atoms with van der Waals surface area (Å²) in [6.07, 6.45) is -4.31. The van der Waals surface area contributed by atoms with Crippen LogP contribution in [0.5, 0.6) is 0 Å². The minimum Gasteiger partial charge on any atom is -0.273 e. The summed E-state index contributed by atoms with van der Waals surface area (Å²) in [5.41, 5.74) is -1.22. The van der Waals surface area contributed by atoms with E-state index in [0.29, 0.717) is 6.07 Å². The van der Waals surface area contributed by atoms with Gasteiger partial charge in [0.25, 0.3) is 5.24 Å². The van der Waals surface area contributed by atoms with Gasteiger partial charge in [0.05, 0.1) is 21.2 Å². The SMILES string of the molecule is O=C1CSC(=O)N1C1CCN(S(=O)(=O)c2ccc(Cl)c(C(F)(F)F)c2)CC1. The highest BCUT2D eigenvalue weighted by Crippen LogP contribution is 2.37. The van der Waals surface area contributed by atoms with Crippen LogP contribution in [0.2, 0.25) is 5.02 Å². The molecule has 148 valence electrons. The summed E-state index contributed by atoms with van der Waals surface area (Å²) in [4.78, 5) is 24.2. The van der Waals surface area contributed by atoms with Crippen LogP contribution in [0.1, 0.15) is 18.4 Å². The van der Waals surface area contributed by atoms with Gasteiger partial charge in [0.1, 0.15) is 0 Å². The highest BCUT2D eigenvalue weighted by Gasteiger charge is 2.40. The van der Waals surface area contributed by atoms with Crippen LogP contribution in [0.15, 0.2) is 23.1 Å². The second kappa shape index (κ2) is 7.26. The van der Waals surface area contributed by atoms with E-state index in [1.54, 1.807) is 0 Å². The highest BCUT2D eigenvalue weighted by molar-refractivity contribution is 8.14. The van der Waals surface area contributed by atoms with Gasteiger partial charge in [-0.15, -0.1) is 0 Å². The molecule has 2 aliphatic rings. The second-order valence-electron chi connectivity index (χ2n) is 6.09. The van der Waals surface area contributed by atoms with Gasteiger partial charge in [0.2, 0.25) is 15.9 Å². The molecule has 0 atom stereocenters. The van der Waals surface area contributed by atoms with E-state index in [9.17, 15) is 31.2 Å². The maximum atomic E-state index is 13.0. The number of thioether (sulfide) groups is 1. The number of sulfonamides is 1. The molecule has 2 fully saturated rings. The molecule has 0 aliphatic carbocycles. The molecular formula is C15H14ClF3N2O4S2. The van der Waals surface area contributed by atoms with E-state index in [2.05, 4.69) is 0 Å². The lowest BCUT2D eigenvalue weighted by Gasteiger charge is -2.34. The Labute approximate surface area is 162 Å². The van der Waals surface area contributed by atoms with Crippen LogP contribution in [0, 0.1) is 0 Å². The average molecular weight is 443 g/mol. The maximum Gasteiger partial charge on any atom is 0.417 e. The smallest absolute Gasteiger partial charge is 0.273 e. The molecule has 0 aromatic heterocycles. The third-order valence-electron chi connectivity index (χ3n) is 4.45. The Bertz CT molecular complexity index is 868. The number of hydrogen-bond donors (Lipinski definition) is 0. The molecule has 2 aliphatic heterocycles. The lowest BCUT2D eigenvalue weighted by atomic mass is 10.1. The molecule has 0 N–H and O–H groups in total. The molecule has 0 unspecified atom stereocenters. The zero-order valence-electron chi connectivity index (χ0n) is 13.7. The van der Waals surface area contributed by atoms with E-state index in [4.69, 9.17) is 11.6 Å². The Morgan fingerprint density at radius 3 is 2.30 bits per heavy atom. The van der Waals surface area contributed by atoms with Crippen molar-refractivity contribution < 1.29 is 31.2 Å². The minimum atomic E-state index is -4.77. The van der Waals surface area contributed by atoms with E-state index < -0.39 is 37.7 Å². The second-order valence-corrected chi connectivity index (χ2v) is 9.36. The molecule has 3 rings (SSSR count). The minimum absolute atomic E-state index is 0.00129. The van der Waals surface area contributed by atoms with Gasteiger partial charge in [-0.25, -0.2) is 8.42 Å². The molecule has 0 spiro atoms. The summed E-state index contributed by atoms with van der Waals surface area (Å²) in [5, 5.41) is -0.933. The van der Waals surface area contributed by atoms with Gasteiger partial charge in [-0.3, -0.25) is 14.5 Å². The Morgan fingerprint density at radius 2 is 1.78 bits per heavy atom. The molecule has 1 aromatic carbocycles. The van der Waals surface area contributed by atoms with E-state index in [1.165, 1.54) is 0 Å². The standard InChI is InChI=1S/C15H14ClF3N2O4S2/c16-12-2-1-10(7-11(12)15(17,18)19)27(24,25)20-5-3-9(4-6-20)21-13(22)8-26-14(21)23/h1-2,7,9H,3-6,8H2. The van der Waals surface area contributed by atoms with Crippen molar-refractivity contribution in [2.24, 2.45) is 0 Å². The molecular weight excluding hydrogens is 429 g/mol. The van der Waals surface area contributed by atoms with Crippen molar-refractivity contribution in [3.05, 3.63) is 28.8 Å². The van der Waals surface area contributed by atoms with Gasteiger partial charge < -0.3 is 0 Å². The molecule has 2 heterocycles. The Morgan fingerprint density at radius 1 is 1.15 bits per heavy atom. The van der Waals surface area contributed by atoms with Gasteiger partial charge in [0.15, 0.2) is 0 Å². The summed E-state index contributed by atoms with van der Waals surface area (Å²) in [6.45, 7) is -0.00257. The van der Waals surface area contributed by atoms with Gasteiger partial charge >= 0.3 is 6.18 Å². The monoisotopic (exact) mass is 442 g/mol. The fourth-order valence-corrected chi connectivity index (χ4v) is 5.59. The Hall–Kier alpha value is -1.30. The summed E-state index contributed by atoms with van der Waals surface area (Å²) < 4.78 is 65.4. The summed E-state index contributed by atoms with van der Waals surface area (Å²) in [6, 6.07) is 2.06. The highest BCUT2D eigenvalue weighted by atomic mass is 35.5. The van der Waals surface area contributed by atoms with Crippen LogP contribution in [-0.2, 0) is 21.0 Å². The molecule has 0 radical (unpaired) electrons. The Kier molecular flexibility index (Phi) is 5.50. The summed E-state index contributed by atoms with van der Waals surface area (Å²) >= 11 is 6.44. The zero-order valence-corrected chi connectivity index (χ0v) is 16.1. The predicted molar refractivity (Wildman–Crippen MR) is 92.9 cm³/mol. The topological polar surface area (TPSA) is 74.8 Å². The molecule has 0 saturated carbocycles. The van der Waals surface area contributed by atoms with Crippen molar-refractivity contribution in [3.8, 4) is 0 Å². The number of nitrogens with zero attached hydrogens (tertiary/aromatic N) is 2. The number of carbonyl (C=O) groups excluding carboxylic acids is 2. The predicted octanol–water partition coefficient (Wildman–Crippen LogP) is 3.21. The number of piperidine rings is 1. The first-order valence-corrected chi connectivity index (χ1v) is 10.7. The number of rotatable bonds is 3. The van der Waals surface area contributed by atoms with Crippen molar-refractivity contribution in [3.63, 3.8) is 0 Å². The normalized spacial score (nSPS) is 20.5. The van der Waals surface area contributed by atoms with Crippen LogP contribution < -0.4 is 0 Å². The fraction of sp³-hybridized carbons (Fsp3) is 0.467. The zero-order chi connectivity index (χ0) is 20.0. The average Bonchev–Trinajstić information content (AvgIpc) is 2.93. The fourth-order valence-electron chi connectivity index (χ4n) is 3.09. The first-order chi connectivity index (χ1) is 12.5.